The third kappa shape index (κ3) is 3.33. The van der Waals surface area contributed by atoms with Gasteiger partial charge in [0, 0.05) is 4.88 Å². The molecule has 1 amide bonds. The van der Waals surface area contributed by atoms with Gasteiger partial charge in [0.15, 0.2) is 6.10 Å². The second kappa shape index (κ2) is 6.16. The molecule has 1 aliphatic heterocycles. The number of hydrogen-bond acceptors (Lipinski definition) is 4. The van der Waals surface area contributed by atoms with Crippen LogP contribution in [0, 0.1) is 0 Å². The third-order valence-corrected chi connectivity index (χ3v) is 4.19. The van der Waals surface area contributed by atoms with Gasteiger partial charge in [-0.05, 0) is 36.3 Å². The van der Waals surface area contributed by atoms with E-state index in [2.05, 4.69) is 18.3 Å². The topological polar surface area (TPSA) is 75.6 Å². The van der Waals surface area contributed by atoms with Crippen LogP contribution in [-0.2, 0) is 27.3 Å². The Kier molecular flexibility index (Phi) is 4.55. The number of hydrogen-bond donors (Lipinski definition) is 2. The van der Waals surface area contributed by atoms with Crippen molar-refractivity contribution in [3.05, 3.63) is 21.9 Å². The Morgan fingerprint density at radius 2 is 2.21 bits per heavy atom. The van der Waals surface area contributed by atoms with Crippen LogP contribution < -0.4 is 5.32 Å². The largest absolute Gasteiger partial charge is 0.479 e. The lowest BCUT2D eigenvalue weighted by Crippen LogP contribution is -2.35. The Labute approximate surface area is 115 Å². The molecule has 0 aromatic carbocycles. The minimum Gasteiger partial charge on any atom is -0.479 e. The van der Waals surface area contributed by atoms with Crippen molar-refractivity contribution in [2.24, 2.45) is 0 Å². The second-order valence-electron chi connectivity index (χ2n) is 4.47. The summed E-state index contributed by atoms with van der Waals surface area (Å²) in [5, 5.41) is 13.6. The van der Waals surface area contributed by atoms with Crippen LogP contribution >= 0.6 is 11.3 Å². The maximum absolute atomic E-state index is 11.9. The van der Waals surface area contributed by atoms with Gasteiger partial charge in [0.1, 0.15) is 6.10 Å². The van der Waals surface area contributed by atoms with Gasteiger partial charge in [0.2, 0.25) is 5.91 Å². The highest BCUT2D eigenvalue weighted by molar-refractivity contribution is 7.10. The molecule has 1 aliphatic rings. The average molecular weight is 283 g/mol. The van der Waals surface area contributed by atoms with E-state index in [9.17, 15) is 9.59 Å². The summed E-state index contributed by atoms with van der Waals surface area (Å²) in [5.74, 6) is -1.22. The van der Waals surface area contributed by atoms with Crippen molar-refractivity contribution >= 4 is 23.2 Å². The van der Waals surface area contributed by atoms with Crippen LogP contribution in [0.15, 0.2) is 11.4 Å². The van der Waals surface area contributed by atoms with E-state index in [1.54, 1.807) is 11.3 Å². The van der Waals surface area contributed by atoms with Gasteiger partial charge in [0.25, 0.3) is 0 Å². The van der Waals surface area contributed by atoms with Crippen LogP contribution in [0.1, 0.15) is 30.2 Å². The number of amides is 1. The van der Waals surface area contributed by atoms with Crippen molar-refractivity contribution in [2.45, 2.75) is 44.9 Å². The standard InChI is InChI=1S/C13H17NO4S/c1-2-8-5-6-19-11(8)7-14-12(15)9-3-4-10(18-9)13(16)17/h5-6,9-10H,2-4,7H2,1H3,(H,14,15)(H,16,17). The molecular weight excluding hydrogens is 266 g/mol. The van der Waals surface area contributed by atoms with E-state index in [1.165, 1.54) is 5.56 Å². The third-order valence-electron chi connectivity index (χ3n) is 3.23. The Bertz CT molecular complexity index is 471. The molecule has 5 nitrogen and oxygen atoms in total. The summed E-state index contributed by atoms with van der Waals surface area (Å²) in [6.45, 7) is 2.56. The summed E-state index contributed by atoms with van der Waals surface area (Å²) in [6, 6.07) is 2.05. The lowest BCUT2D eigenvalue weighted by Gasteiger charge is -2.11. The fraction of sp³-hybridized carbons (Fsp3) is 0.538. The lowest BCUT2D eigenvalue weighted by atomic mass is 10.2. The molecule has 1 saturated heterocycles. The van der Waals surface area contributed by atoms with E-state index in [4.69, 9.17) is 9.84 Å². The van der Waals surface area contributed by atoms with Gasteiger partial charge in [-0.1, -0.05) is 6.92 Å². The van der Waals surface area contributed by atoms with Crippen molar-refractivity contribution in [1.29, 1.82) is 0 Å². The maximum Gasteiger partial charge on any atom is 0.332 e. The van der Waals surface area contributed by atoms with Crippen molar-refractivity contribution in [2.75, 3.05) is 0 Å². The van der Waals surface area contributed by atoms with Crippen molar-refractivity contribution in [1.82, 2.24) is 5.32 Å². The molecule has 0 bridgehead atoms. The Balaban J connectivity index is 1.84. The predicted molar refractivity (Wildman–Crippen MR) is 71.1 cm³/mol. The monoisotopic (exact) mass is 283 g/mol. The number of carboxylic acid groups (broad SMARTS) is 1. The molecule has 0 spiro atoms. The first kappa shape index (κ1) is 14.0. The molecule has 1 aromatic heterocycles. The molecule has 0 aliphatic carbocycles. The fourth-order valence-electron chi connectivity index (χ4n) is 2.13. The number of nitrogens with one attached hydrogen (secondary N) is 1. The number of carbonyl (C=O) groups is 2. The molecule has 0 saturated carbocycles. The number of aliphatic carboxylic acids is 1. The molecule has 1 fully saturated rings. The van der Waals surface area contributed by atoms with E-state index in [0.29, 0.717) is 19.4 Å². The number of ether oxygens (including phenoxy) is 1. The molecule has 19 heavy (non-hydrogen) atoms. The molecule has 2 N–H and O–H groups in total. The summed E-state index contributed by atoms with van der Waals surface area (Å²) < 4.78 is 5.20. The first-order valence-electron chi connectivity index (χ1n) is 6.33. The van der Waals surface area contributed by atoms with Gasteiger partial charge in [-0.2, -0.15) is 0 Å². The van der Waals surface area contributed by atoms with Gasteiger partial charge >= 0.3 is 5.97 Å². The first-order chi connectivity index (χ1) is 9.11. The summed E-state index contributed by atoms with van der Waals surface area (Å²) in [5.41, 5.74) is 1.24. The van der Waals surface area contributed by atoms with Crippen LogP contribution in [0.3, 0.4) is 0 Å². The molecule has 0 radical (unpaired) electrons. The number of aryl methyl sites for hydroxylation is 1. The molecule has 2 rings (SSSR count). The zero-order valence-corrected chi connectivity index (χ0v) is 11.5. The van der Waals surface area contributed by atoms with Crippen LogP contribution in [0.4, 0.5) is 0 Å². The van der Waals surface area contributed by atoms with E-state index in [1.807, 2.05) is 5.38 Å². The van der Waals surface area contributed by atoms with Crippen LogP contribution in [0.2, 0.25) is 0 Å². The van der Waals surface area contributed by atoms with Gasteiger partial charge in [-0.3, -0.25) is 4.79 Å². The maximum atomic E-state index is 11.9. The minimum atomic E-state index is -0.998. The molecule has 6 heteroatoms. The van der Waals surface area contributed by atoms with Gasteiger partial charge in [-0.15, -0.1) is 11.3 Å². The highest BCUT2D eigenvalue weighted by Crippen LogP contribution is 2.21. The van der Waals surface area contributed by atoms with Crippen LogP contribution in [0.25, 0.3) is 0 Å². The zero-order valence-electron chi connectivity index (χ0n) is 10.7. The molecule has 2 atom stereocenters. The molecule has 2 unspecified atom stereocenters. The van der Waals surface area contributed by atoms with Crippen molar-refractivity contribution in [3.8, 4) is 0 Å². The lowest BCUT2D eigenvalue weighted by molar-refractivity contribution is -0.151. The average Bonchev–Trinajstić information content (AvgIpc) is 3.04. The summed E-state index contributed by atoms with van der Waals surface area (Å²) in [6.07, 6.45) is 0.325. The van der Waals surface area contributed by atoms with Gasteiger partial charge in [0.05, 0.1) is 6.54 Å². The summed E-state index contributed by atoms with van der Waals surface area (Å²) >= 11 is 1.61. The van der Waals surface area contributed by atoms with Crippen molar-refractivity contribution in [3.63, 3.8) is 0 Å². The van der Waals surface area contributed by atoms with Gasteiger partial charge < -0.3 is 15.2 Å². The summed E-state index contributed by atoms with van der Waals surface area (Å²) in [4.78, 5) is 23.8. The molecule has 104 valence electrons. The molecule has 1 aromatic rings. The SMILES string of the molecule is CCc1ccsc1CNC(=O)C1CCC(C(=O)O)O1. The number of thiophene rings is 1. The zero-order chi connectivity index (χ0) is 13.8. The van der Waals surface area contributed by atoms with E-state index < -0.39 is 18.2 Å². The van der Waals surface area contributed by atoms with E-state index in [-0.39, 0.29) is 5.91 Å². The Hall–Kier alpha value is -1.40. The van der Waals surface area contributed by atoms with Crippen LogP contribution in [0.5, 0.6) is 0 Å². The van der Waals surface area contributed by atoms with Crippen LogP contribution in [-0.4, -0.2) is 29.2 Å². The molecule has 2 heterocycles. The Morgan fingerprint density at radius 3 is 2.84 bits per heavy atom. The number of carboxylic acids is 1. The normalized spacial score (nSPS) is 22.4. The highest BCUT2D eigenvalue weighted by Gasteiger charge is 2.34. The predicted octanol–water partition coefficient (Wildman–Crippen LogP) is 1.56. The van der Waals surface area contributed by atoms with Gasteiger partial charge in [-0.25, -0.2) is 4.79 Å². The smallest absolute Gasteiger partial charge is 0.332 e. The first-order valence-corrected chi connectivity index (χ1v) is 7.21. The summed E-state index contributed by atoms with van der Waals surface area (Å²) in [7, 11) is 0. The second-order valence-corrected chi connectivity index (χ2v) is 5.47. The number of rotatable bonds is 5. The quantitative estimate of drug-likeness (QED) is 0.860. The van der Waals surface area contributed by atoms with E-state index >= 15 is 0 Å². The molecular formula is C13H17NO4S. The number of carbonyl (C=O) groups excluding carboxylic acids is 1. The van der Waals surface area contributed by atoms with Crippen molar-refractivity contribution < 1.29 is 19.4 Å². The van der Waals surface area contributed by atoms with E-state index in [0.717, 1.165) is 11.3 Å². The Morgan fingerprint density at radius 1 is 1.47 bits per heavy atom. The highest BCUT2D eigenvalue weighted by atomic mass is 32.1. The fourth-order valence-corrected chi connectivity index (χ4v) is 3.05. The minimum absolute atomic E-state index is 0.223.